The van der Waals surface area contributed by atoms with Crippen LogP contribution in [0.4, 0.5) is 0 Å². The first-order valence-electron chi connectivity index (χ1n) is 7.40. The van der Waals surface area contributed by atoms with Crippen LogP contribution >= 0.6 is 0 Å². The van der Waals surface area contributed by atoms with Gasteiger partial charge in [0.15, 0.2) is 0 Å². The number of rotatable bonds is 7. The van der Waals surface area contributed by atoms with E-state index in [1.54, 1.807) is 0 Å². The van der Waals surface area contributed by atoms with E-state index in [-0.39, 0.29) is 24.0 Å². The molecule has 0 spiro atoms. The van der Waals surface area contributed by atoms with Crippen molar-refractivity contribution in [1.29, 1.82) is 0 Å². The van der Waals surface area contributed by atoms with E-state index in [0.29, 0.717) is 5.56 Å². The SMILES string of the molecule is C[N+](C)(C)CCCCOc1ccc2cc(C=O)ccc2c1.[I-]. The lowest BCUT2D eigenvalue weighted by Crippen LogP contribution is -3.00. The number of quaternary nitrogens is 1. The Hall–Kier alpha value is -1.14. The van der Waals surface area contributed by atoms with E-state index in [1.807, 2.05) is 36.4 Å². The van der Waals surface area contributed by atoms with Gasteiger partial charge in [-0.2, -0.15) is 0 Å². The number of ether oxygens (including phenoxy) is 1. The Morgan fingerprint density at radius 3 is 2.36 bits per heavy atom. The number of carbonyl (C=O) groups excluding carboxylic acids is 1. The summed E-state index contributed by atoms with van der Waals surface area (Å²) in [6, 6.07) is 11.7. The molecule has 2 rings (SSSR count). The Morgan fingerprint density at radius 2 is 1.68 bits per heavy atom. The van der Waals surface area contributed by atoms with E-state index in [9.17, 15) is 4.79 Å². The van der Waals surface area contributed by atoms with E-state index in [0.717, 1.165) is 46.9 Å². The molecule has 0 amide bonds. The first-order chi connectivity index (χ1) is 9.98. The highest BCUT2D eigenvalue weighted by atomic mass is 127. The largest absolute Gasteiger partial charge is 1.00 e. The highest BCUT2D eigenvalue weighted by Gasteiger charge is 2.05. The van der Waals surface area contributed by atoms with Crippen molar-refractivity contribution >= 4 is 17.1 Å². The molecule has 0 heterocycles. The van der Waals surface area contributed by atoms with Crippen molar-refractivity contribution < 1.29 is 38.0 Å². The van der Waals surface area contributed by atoms with E-state index in [1.165, 1.54) is 6.42 Å². The minimum absolute atomic E-state index is 0. The molecular formula is C18H24INO2. The van der Waals surface area contributed by atoms with E-state index >= 15 is 0 Å². The van der Waals surface area contributed by atoms with Crippen molar-refractivity contribution in [3.63, 3.8) is 0 Å². The summed E-state index contributed by atoms with van der Waals surface area (Å²) >= 11 is 0. The predicted molar refractivity (Wildman–Crippen MR) is 87.0 cm³/mol. The topological polar surface area (TPSA) is 26.3 Å². The summed E-state index contributed by atoms with van der Waals surface area (Å²) in [6.07, 6.45) is 3.11. The van der Waals surface area contributed by atoms with Crippen LogP contribution in [0.2, 0.25) is 0 Å². The third kappa shape index (κ3) is 5.93. The summed E-state index contributed by atoms with van der Waals surface area (Å²) in [4.78, 5) is 10.8. The first kappa shape index (κ1) is 18.9. The molecule has 0 radical (unpaired) electrons. The van der Waals surface area contributed by atoms with Crippen molar-refractivity contribution in [2.75, 3.05) is 34.3 Å². The molecule has 0 aliphatic heterocycles. The van der Waals surface area contributed by atoms with Crippen LogP contribution < -0.4 is 28.7 Å². The van der Waals surface area contributed by atoms with Gasteiger partial charge >= 0.3 is 0 Å². The third-order valence-electron chi connectivity index (χ3n) is 3.46. The molecule has 120 valence electrons. The molecule has 0 aromatic heterocycles. The summed E-state index contributed by atoms with van der Waals surface area (Å²) < 4.78 is 6.80. The molecule has 2 aromatic carbocycles. The Bertz CT molecular complexity index is 620. The summed E-state index contributed by atoms with van der Waals surface area (Å²) in [6.45, 7) is 1.91. The van der Waals surface area contributed by atoms with Crippen LogP contribution in [-0.2, 0) is 0 Å². The molecule has 2 aromatic rings. The molecular weight excluding hydrogens is 389 g/mol. The molecule has 0 aliphatic rings. The van der Waals surface area contributed by atoms with Gasteiger partial charge in [0.2, 0.25) is 0 Å². The van der Waals surface area contributed by atoms with E-state index < -0.39 is 0 Å². The fourth-order valence-electron chi connectivity index (χ4n) is 2.28. The zero-order valence-electron chi connectivity index (χ0n) is 13.5. The van der Waals surface area contributed by atoms with E-state index in [4.69, 9.17) is 4.74 Å². The lowest BCUT2D eigenvalue weighted by Gasteiger charge is -2.23. The molecule has 0 saturated heterocycles. The number of nitrogens with zero attached hydrogens (tertiary/aromatic N) is 1. The molecule has 22 heavy (non-hydrogen) atoms. The average Bonchev–Trinajstić information content (AvgIpc) is 2.45. The fraction of sp³-hybridized carbons (Fsp3) is 0.389. The Labute approximate surface area is 149 Å². The predicted octanol–water partition coefficient (Wildman–Crippen LogP) is 0.522. The average molecular weight is 413 g/mol. The highest BCUT2D eigenvalue weighted by molar-refractivity contribution is 5.89. The van der Waals surface area contributed by atoms with Gasteiger partial charge in [0.1, 0.15) is 12.0 Å². The third-order valence-corrected chi connectivity index (χ3v) is 3.46. The molecule has 0 unspecified atom stereocenters. The smallest absolute Gasteiger partial charge is 0.150 e. The maximum absolute atomic E-state index is 10.8. The number of hydrogen-bond acceptors (Lipinski definition) is 2. The summed E-state index contributed by atoms with van der Waals surface area (Å²) in [5.41, 5.74) is 0.705. The second-order valence-corrected chi connectivity index (χ2v) is 6.46. The molecule has 0 aliphatic carbocycles. The van der Waals surface area contributed by atoms with Crippen molar-refractivity contribution in [2.45, 2.75) is 12.8 Å². The fourth-order valence-corrected chi connectivity index (χ4v) is 2.28. The second kappa shape index (κ2) is 8.48. The lowest BCUT2D eigenvalue weighted by molar-refractivity contribution is -0.870. The van der Waals surface area contributed by atoms with Crippen molar-refractivity contribution in [3.8, 4) is 5.75 Å². The number of benzene rings is 2. The van der Waals surface area contributed by atoms with Crippen molar-refractivity contribution in [1.82, 2.24) is 0 Å². The minimum Gasteiger partial charge on any atom is -1.00 e. The van der Waals surface area contributed by atoms with Crippen LogP contribution in [0, 0.1) is 0 Å². The standard InChI is InChI=1S/C18H24NO2.HI/c1-19(2,3)10-4-5-11-21-18-9-8-16-12-15(14-20)6-7-17(16)13-18;/h6-9,12-14H,4-5,10-11H2,1-3H3;1H/q+1;/p-1. The summed E-state index contributed by atoms with van der Waals surface area (Å²) in [5, 5.41) is 2.17. The highest BCUT2D eigenvalue weighted by Crippen LogP contribution is 2.22. The lowest BCUT2D eigenvalue weighted by atomic mass is 10.1. The number of fused-ring (bicyclic) bond motifs is 1. The van der Waals surface area contributed by atoms with Crippen LogP contribution in [-0.4, -0.2) is 45.1 Å². The van der Waals surface area contributed by atoms with Gasteiger partial charge in [-0.25, -0.2) is 0 Å². The van der Waals surface area contributed by atoms with Crippen LogP contribution in [0.25, 0.3) is 10.8 Å². The maximum atomic E-state index is 10.8. The van der Waals surface area contributed by atoms with Crippen molar-refractivity contribution in [2.24, 2.45) is 0 Å². The van der Waals surface area contributed by atoms with Gasteiger partial charge in [-0.05, 0) is 41.8 Å². The second-order valence-electron chi connectivity index (χ2n) is 6.46. The number of carbonyl (C=O) groups is 1. The normalized spacial score (nSPS) is 11.0. The Morgan fingerprint density at radius 1 is 1.00 bits per heavy atom. The number of halogens is 1. The minimum atomic E-state index is 0. The van der Waals surface area contributed by atoms with Gasteiger partial charge < -0.3 is 33.2 Å². The van der Waals surface area contributed by atoms with Gasteiger partial charge in [0.05, 0.1) is 34.3 Å². The molecule has 0 N–H and O–H groups in total. The van der Waals surface area contributed by atoms with Crippen LogP contribution in [0.5, 0.6) is 5.75 Å². The summed E-state index contributed by atoms with van der Waals surface area (Å²) in [7, 11) is 6.62. The molecule has 4 heteroatoms. The molecule has 0 atom stereocenters. The van der Waals surface area contributed by atoms with Gasteiger partial charge in [0, 0.05) is 5.56 Å². The van der Waals surface area contributed by atoms with Crippen LogP contribution in [0.15, 0.2) is 36.4 Å². The maximum Gasteiger partial charge on any atom is 0.150 e. The van der Waals surface area contributed by atoms with Gasteiger partial charge in [-0.3, -0.25) is 4.79 Å². The monoisotopic (exact) mass is 413 g/mol. The number of unbranched alkanes of at least 4 members (excludes halogenated alkanes) is 1. The molecule has 0 bridgehead atoms. The van der Waals surface area contributed by atoms with Gasteiger partial charge in [-0.15, -0.1) is 0 Å². The van der Waals surface area contributed by atoms with Crippen molar-refractivity contribution in [3.05, 3.63) is 42.0 Å². The van der Waals surface area contributed by atoms with Crippen LogP contribution in [0.1, 0.15) is 23.2 Å². The van der Waals surface area contributed by atoms with Gasteiger partial charge in [0.25, 0.3) is 0 Å². The quantitative estimate of drug-likeness (QED) is 0.287. The van der Waals surface area contributed by atoms with Crippen LogP contribution in [0.3, 0.4) is 0 Å². The zero-order valence-corrected chi connectivity index (χ0v) is 15.7. The Kier molecular flexibility index (Phi) is 7.29. The van der Waals surface area contributed by atoms with E-state index in [2.05, 4.69) is 21.1 Å². The summed E-state index contributed by atoms with van der Waals surface area (Å²) in [5.74, 6) is 0.895. The molecule has 0 fully saturated rings. The Balaban J connectivity index is 0.00000242. The molecule has 0 saturated carbocycles. The molecule has 3 nitrogen and oxygen atoms in total. The zero-order chi connectivity index (χ0) is 15.3. The van der Waals surface area contributed by atoms with Gasteiger partial charge in [-0.1, -0.05) is 18.2 Å². The number of hydrogen-bond donors (Lipinski definition) is 0. The number of aldehydes is 1. The first-order valence-corrected chi connectivity index (χ1v) is 7.40.